The van der Waals surface area contributed by atoms with Gasteiger partial charge in [0.2, 0.25) is 6.79 Å². The molecule has 2 aliphatic rings. The summed E-state index contributed by atoms with van der Waals surface area (Å²) in [5, 5.41) is 0.713. The van der Waals surface area contributed by atoms with E-state index in [1.807, 2.05) is 24.4 Å². The van der Waals surface area contributed by atoms with E-state index in [1.165, 1.54) is 11.3 Å². The SMILES string of the molecule is CC1CC(C)(C)N(C)c2cc(Cl)c(C=Nc3ccc4c(c3)OCO4)cc21. The molecule has 0 radical (unpaired) electrons. The van der Waals surface area contributed by atoms with E-state index in [0.717, 1.165) is 29.2 Å². The molecule has 0 spiro atoms. The van der Waals surface area contributed by atoms with Gasteiger partial charge in [0, 0.05) is 36.1 Å². The Hall–Kier alpha value is -2.20. The van der Waals surface area contributed by atoms with Crippen LogP contribution in [0.4, 0.5) is 11.4 Å². The number of hydrogen-bond acceptors (Lipinski definition) is 4. The van der Waals surface area contributed by atoms with Crippen LogP contribution < -0.4 is 14.4 Å². The number of nitrogens with zero attached hydrogens (tertiary/aromatic N) is 2. The average molecular weight is 371 g/mol. The molecule has 136 valence electrons. The Kier molecular flexibility index (Phi) is 4.11. The third kappa shape index (κ3) is 2.92. The molecule has 0 saturated carbocycles. The van der Waals surface area contributed by atoms with E-state index < -0.39 is 0 Å². The van der Waals surface area contributed by atoms with Crippen LogP contribution >= 0.6 is 11.6 Å². The van der Waals surface area contributed by atoms with Crippen molar-refractivity contribution in [1.29, 1.82) is 0 Å². The summed E-state index contributed by atoms with van der Waals surface area (Å²) >= 11 is 6.56. The van der Waals surface area contributed by atoms with Crippen LogP contribution in [0, 0.1) is 0 Å². The summed E-state index contributed by atoms with van der Waals surface area (Å²) < 4.78 is 10.7. The number of benzene rings is 2. The summed E-state index contributed by atoms with van der Waals surface area (Å²) in [5.74, 6) is 1.97. The van der Waals surface area contributed by atoms with Crippen LogP contribution in [0.2, 0.25) is 5.02 Å². The molecule has 26 heavy (non-hydrogen) atoms. The van der Waals surface area contributed by atoms with Gasteiger partial charge in [-0.3, -0.25) is 4.99 Å². The Morgan fingerprint density at radius 1 is 1.19 bits per heavy atom. The number of halogens is 1. The minimum absolute atomic E-state index is 0.123. The van der Waals surface area contributed by atoms with Crippen molar-refractivity contribution in [1.82, 2.24) is 0 Å². The van der Waals surface area contributed by atoms with E-state index in [-0.39, 0.29) is 12.3 Å². The second-order valence-corrected chi connectivity index (χ2v) is 8.11. The monoisotopic (exact) mass is 370 g/mol. The second-order valence-electron chi connectivity index (χ2n) is 7.70. The molecule has 2 aliphatic heterocycles. The molecular formula is C21H23ClN2O2. The van der Waals surface area contributed by atoms with E-state index in [9.17, 15) is 0 Å². The lowest BCUT2D eigenvalue weighted by Crippen LogP contribution is -2.45. The Morgan fingerprint density at radius 3 is 2.77 bits per heavy atom. The molecule has 1 atom stereocenters. The van der Waals surface area contributed by atoms with Gasteiger partial charge >= 0.3 is 0 Å². The summed E-state index contributed by atoms with van der Waals surface area (Å²) in [5.41, 5.74) is 4.40. The molecule has 5 heteroatoms. The lowest BCUT2D eigenvalue weighted by atomic mass is 9.80. The van der Waals surface area contributed by atoms with Gasteiger partial charge in [-0.15, -0.1) is 0 Å². The first-order valence-electron chi connectivity index (χ1n) is 8.86. The van der Waals surface area contributed by atoms with Gasteiger partial charge in [0.25, 0.3) is 0 Å². The summed E-state index contributed by atoms with van der Waals surface area (Å²) in [4.78, 5) is 6.90. The Labute approximate surface area is 159 Å². The van der Waals surface area contributed by atoms with Crippen LogP contribution in [0.5, 0.6) is 11.5 Å². The fraction of sp³-hybridized carbons (Fsp3) is 0.381. The highest BCUT2D eigenvalue weighted by atomic mass is 35.5. The number of rotatable bonds is 2. The van der Waals surface area contributed by atoms with E-state index in [4.69, 9.17) is 21.1 Å². The van der Waals surface area contributed by atoms with Crippen molar-refractivity contribution >= 4 is 29.2 Å². The molecule has 2 aromatic rings. The van der Waals surface area contributed by atoms with Crippen molar-refractivity contribution in [3.8, 4) is 11.5 Å². The van der Waals surface area contributed by atoms with Gasteiger partial charge < -0.3 is 14.4 Å². The third-order valence-electron chi connectivity index (χ3n) is 5.46. The minimum atomic E-state index is 0.123. The second kappa shape index (κ2) is 6.20. The highest BCUT2D eigenvalue weighted by molar-refractivity contribution is 6.33. The zero-order valence-electron chi connectivity index (χ0n) is 15.5. The smallest absolute Gasteiger partial charge is 0.231 e. The van der Waals surface area contributed by atoms with Crippen LogP contribution in [-0.4, -0.2) is 25.6 Å². The first-order valence-corrected chi connectivity index (χ1v) is 9.24. The van der Waals surface area contributed by atoms with Gasteiger partial charge in [0.1, 0.15) is 0 Å². The number of aliphatic imine (C=N–C) groups is 1. The highest BCUT2D eigenvalue weighted by Crippen LogP contribution is 2.44. The fourth-order valence-corrected chi connectivity index (χ4v) is 4.02. The molecule has 0 fully saturated rings. The van der Waals surface area contributed by atoms with Crippen LogP contribution in [0.3, 0.4) is 0 Å². The normalized spacial score (nSPS) is 20.5. The molecule has 0 aliphatic carbocycles. The minimum Gasteiger partial charge on any atom is -0.454 e. The van der Waals surface area contributed by atoms with E-state index in [1.54, 1.807) is 0 Å². The van der Waals surface area contributed by atoms with Crippen LogP contribution in [0.25, 0.3) is 0 Å². The van der Waals surface area contributed by atoms with Gasteiger partial charge in [-0.1, -0.05) is 18.5 Å². The zero-order valence-corrected chi connectivity index (χ0v) is 16.3. The maximum atomic E-state index is 6.56. The Morgan fingerprint density at radius 2 is 1.96 bits per heavy atom. The first-order chi connectivity index (χ1) is 12.3. The summed E-state index contributed by atoms with van der Waals surface area (Å²) in [6.07, 6.45) is 2.93. The molecule has 4 nitrogen and oxygen atoms in total. The number of fused-ring (bicyclic) bond motifs is 2. The van der Waals surface area contributed by atoms with Gasteiger partial charge in [0.05, 0.1) is 10.7 Å². The summed E-state index contributed by atoms with van der Waals surface area (Å²) in [6.45, 7) is 7.09. The number of anilines is 1. The van der Waals surface area contributed by atoms with Gasteiger partial charge in [-0.25, -0.2) is 0 Å². The molecule has 2 heterocycles. The van der Waals surface area contributed by atoms with Crippen LogP contribution in [0.15, 0.2) is 35.3 Å². The fourth-order valence-electron chi connectivity index (χ4n) is 3.81. The predicted octanol–water partition coefficient (Wildman–Crippen LogP) is 5.54. The molecule has 0 aromatic heterocycles. The highest BCUT2D eigenvalue weighted by Gasteiger charge is 2.34. The molecule has 0 bridgehead atoms. The van der Waals surface area contributed by atoms with Crippen molar-refractivity contribution < 1.29 is 9.47 Å². The van der Waals surface area contributed by atoms with E-state index >= 15 is 0 Å². The van der Waals surface area contributed by atoms with Crippen molar-refractivity contribution in [3.05, 3.63) is 46.5 Å². The van der Waals surface area contributed by atoms with Crippen molar-refractivity contribution in [2.24, 2.45) is 4.99 Å². The Bertz CT molecular complexity index is 892. The first kappa shape index (κ1) is 17.2. The zero-order chi connectivity index (χ0) is 18.5. The summed E-state index contributed by atoms with van der Waals surface area (Å²) in [6, 6.07) is 9.90. The van der Waals surface area contributed by atoms with Gasteiger partial charge in [-0.2, -0.15) is 0 Å². The number of hydrogen-bond donors (Lipinski definition) is 0. The molecular weight excluding hydrogens is 348 g/mol. The standard InChI is InChI=1S/C21H23ClN2O2/c1-13-10-21(2,3)24(4)18-9-17(22)14(7-16(13)18)11-23-15-5-6-19-20(8-15)26-12-25-19/h5-9,11,13H,10,12H2,1-4H3. The van der Waals surface area contributed by atoms with Crippen LogP contribution in [-0.2, 0) is 0 Å². The largest absolute Gasteiger partial charge is 0.454 e. The average Bonchev–Trinajstić information content (AvgIpc) is 3.06. The maximum absolute atomic E-state index is 6.56. The van der Waals surface area contributed by atoms with Crippen molar-refractivity contribution in [2.45, 2.75) is 38.6 Å². The van der Waals surface area contributed by atoms with Crippen molar-refractivity contribution in [2.75, 3.05) is 18.7 Å². The quantitative estimate of drug-likeness (QED) is 0.651. The molecule has 2 aromatic carbocycles. The van der Waals surface area contributed by atoms with Gasteiger partial charge in [0.15, 0.2) is 11.5 Å². The molecule has 1 unspecified atom stereocenters. The van der Waals surface area contributed by atoms with Crippen molar-refractivity contribution in [3.63, 3.8) is 0 Å². The molecule has 0 saturated heterocycles. The summed E-state index contributed by atoms with van der Waals surface area (Å²) in [7, 11) is 2.14. The lowest BCUT2D eigenvalue weighted by molar-refractivity contribution is 0.174. The molecule has 0 N–H and O–H groups in total. The third-order valence-corrected chi connectivity index (χ3v) is 5.79. The van der Waals surface area contributed by atoms with Gasteiger partial charge in [-0.05, 0) is 56.0 Å². The van der Waals surface area contributed by atoms with Crippen LogP contribution in [0.1, 0.15) is 44.2 Å². The maximum Gasteiger partial charge on any atom is 0.231 e. The lowest BCUT2D eigenvalue weighted by Gasteiger charge is -2.45. The predicted molar refractivity (Wildman–Crippen MR) is 107 cm³/mol. The van der Waals surface area contributed by atoms with E-state index in [0.29, 0.717) is 10.9 Å². The Balaban J connectivity index is 1.67. The topological polar surface area (TPSA) is 34.1 Å². The molecule has 0 amide bonds. The van der Waals surface area contributed by atoms with E-state index in [2.05, 4.69) is 49.8 Å². The number of ether oxygens (including phenoxy) is 2. The molecule has 4 rings (SSSR count).